The van der Waals surface area contributed by atoms with Gasteiger partial charge in [-0.25, -0.2) is 0 Å². The number of likely N-dealkylation sites (N-methyl/N-ethyl adjacent to an activating group) is 1. The van der Waals surface area contributed by atoms with Crippen molar-refractivity contribution in [1.82, 2.24) is 5.32 Å². The van der Waals surface area contributed by atoms with E-state index in [0.29, 0.717) is 6.04 Å². The molecule has 0 aromatic heterocycles. The van der Waals surface area contributed by atoms with E-state index < -0.39 is 0 Å². The maximum Gasteiger partial charge on any atom is 0.0836 e. The number of methoxy groups -OCH3 is 1. The first-order chi connectivity index (χ1) is 5.96. The van der Waals surface area contributed by atoms with E-state index in [1.807, 2.05) is 14.2 Å². The molecule has 1 saturated carbocycles. The highest BCUT2D eigenvalue weighted by Gasteiger charge is 2.48. The Morgan fingerprint density at radius 1 is 1.31 bits per heavy atom. The Morgan fingerprint density at radius 2 is 1.85 bits per heavy atom. The van der Waals surface area contributed by atoms with Gasteiger partial charge in [-0.05, 0) is 31.7 Å². The zero-order chi connectivity index (χ0) is 10.1. The normalized spacial score (nSPS) is 23.8. The van der Waals surface area contributed by atoms with Crippen molar-refractivity contribution in [3.8, 4) is 0 Å². The Balaban J connectivity index is 2.75. The fourth-order valence-corrected chi connectivity index (χ4v) is 2.62. The second kappa shape index (κ2) is 3.58. The molecule has 0 radical (unpaired) electrons. The zero-order valence-corrected chi connectivity index (χ0v) is 9.61. The van der Waals surface area contributed by atoms with Gasteiger partial charge < -0.3 is 10.1 Å². The van der Waals surface area contributed by atoms with Crippen LogP contribution >= 0.6 is 0 Å². The predicted octanol–water partition coefficient (Wildman–Crippen LogP) is 2.19. The summed E-state index contributed by atoms with van der Waals surface area (Å²) in [6.45, 7) is 6.81. The molecule has 1 rings (SSSR count). The molecule has 0 aliphatic heterocycles. The Morgan fingerprint density at radius 3 is 1.92 bits per heavy atom. The van der Waals surface area contributed by atoms with Gasteiger partial charge in [-0.2, -0.15) is 0 Å². The molecule has 2 nitrogen and oxygen atoms in total. The lowest BCUT2D eigenvalue weighted by Crippen LogP contribution is -2.60. The third-order valence-electron chi connectivity index (χ3n) is 3.29. The third kappa shape index (κ3) is 1.89. The number of ether oxygens (including phenoxy) is 1. The average Bonchev–Trinajstić information content (AvgIpc) is 1.93. The van der Waals surface area contributed by atoms with Crippen LogP contribution in [0.5, 0.6) is 0 Å². The van der Waals surface area contributed by atoms with E-state index in [4.69, 9.17) is 4.74 Å². The minimum atomic E-state index is 0.104. The van der Waals surface area contributed by atoms with Gasteiger partial charge in [0.05, 0.1) is 5.60 Å². The summed E-state index contributed by atoms with van der Waals surface area (Å²) in [6, 6.07) is 0.457. The fourth-order valence-electron chi connectivity index (χ4n) is 2.62. The molecule has 1 fully saturated rings. The molecule has 1 N–H and O–H groups in total. The second-order valence-corrected chi connectivity index (χ2v) is 5.21. The number of hydrogen-bond acceptors (Lipinski definition) is 2. The summed E-state index contributed by atoms with van der Waals surface area (Å²) in [7, 11) is 3.88. The molecule has 0 heterocycles. The number of nitrogens with one attached hydrogen (secondary N) is 1. The van der Waals surface area contributed by atoms with Crippen molar-refractivity contribution < 1.29 is 4.74 Å². The van der Waals surface area contributed by atoms with Gasteiger partial charge in [0.1, 0.15) is 0 Å². The van der Waals surface area contributed by atoms with Crippen LogP contribution in [-0.2, 0) is 4.74 Å². The molecule has 0 bridgehead atoms. The highest BCUT2D eigenvalue weighted by atomic mass is 16.5. The summed E-state index contributed by atoms with van der Waals surface area (Å²) in [4.78, 5) is 0. The first-order valence-electron chi connectivity index (χ1n) is 5.19. The van der Waals surface area contributed by atoms with Gasteiger partial charge in [-0.15, -0.1) is 0 Å². The molecule has 0 saturated heterocycles. The van der Waals surface area contributed by atoms with E-state index in [1.165, 1.54) is 19.3 Å². The standard InChI is InChI=1S/C11H23NO/c1-10(2,3)9(12-4)11(13-5)7-6-8-11/h9,12H,6-8H2,1-5H3. The molecular formula is C11H23NO. The maximum absolute atomic E-state index is 5.69. The van der Waals surface area contributed by atoms with Crippen LogP contribution in [0.15, 0.2) is 0 Å². The van der Waals surface area contributed by atoms with E-state index in [0.717, 1.165) is 0 Å². The minimum Gasteiger partial charge on any atom is -0.377 e. The molecule has 0 aromatic carbocycles. The van der Waals surface area contributed by atoms with Crippen LogP contribution in [0.1, 0.15) is 40.0 Å². The van der Waals surface area contributed by atoms with Gasteiger partial charge in [0, 0.05) is 13.2 Å². The molecule has 13 heavy (non-hydrogen) atoms. The van der Waals surface area contributed by atoms with Crippen LogP contribution in [0.2, 0.25) is 0 Å². The second-order valence-electron chi connectivity index (χ2n) is 5.21. The van der Waals surface area contributed by atoms with Crippen molar-refractivity contribution in [2.45, 2.75) is 51.7 Å². The Kier molecular flexibility index (Phi) is 3.03. The molecule has 1 atom stereocenters. The van der Waals surface area contributed by atoms with Gasteiger partial charge in [-0.3, -0.25) is 0 Å². The minimum absolute atomic E-state index is 0.104. The first kappa shape index (κ1) is 11.0. The quantitative estimate of drug-likeness (QED) is 0.727. The lowest BCUT2D eigenvalue weighted by Gasteiger charge is -2.51. The van der Waals surface area contributed by atoms with Gasteiger partial charge >= 0.3 is 0 Å². The van der Waals surface area contributed by atoms with E-state index in [-0.39, 0.29) is 11.0 Å². The van der Waals surface area contributed by atoms with Crippen molar-refractivity contribution in [3.05, 3.63) is 0 Å². The summed E-state index contributed by atoms with van der Waals surface area (Å²) >= 11 is 0. The Hall–Kier alpha value is -0.0800. The molecule has 0 aromatic rings. The molecule has 78 valence electrons. The summed E-state index contributed by atoms with van der Waals surface area (Å²) in [5.74, 6) is 0. The fraction of sp³-hybridized carbons (Fsp3) is 1.00. The highest BCUT2D eigenvalue weighted by Crippen LogP contribution is 2.43. The SMILES string of the molecule is CNC(C(C)(C)C)C1(OC)CCC1. The lowest BCUT2D eigenvalue weighted by molar-refractivity contribution is -0.120. The van der Waals surface area contributed by atoms with Gasteiger partial charge in [0.2, 0.25) is 0 Å². The van der Waals surface area contributed by atoms with Crippen molar-refractivity contribution >= 4 is 0 Å². The molecule has 1 aliphatic carbocycles. The topological polar surface area (TPSA) is 21.3 Å². The van der Waals surface area contributed by atoms with E-state index in [2.05, 4.69) is 26.1 Å². The third-order valence-corrected chi connectivity index (χ3v) is 3.29. The Bertz CT molecular complexity index is 162. The summed E-state index contributed by atoms with van der Waals surface area (Å²) in [5.41, 5.74) is 0.373. The predicted molar refractivity (Wildman–Crippen MR) is 55.9 cm³/mol. The van der Waals surface area contributed by atoms with Crippen molar-refractivity contribution in [1.29, 1.82) is 0 Å². The van der Waals surface area contributed by atoms with Crippen LogP contribution in [0.25, 0.3) is 0 Å². The Labute approximate surface area is 82.0 Å². The van der Waals surface area contributed by atoms with E-state index >= 15 is 0 Å². The van der Waals surface area contributed by atoms with Gasteiger partial charge in [-0.1, -0.05) is 20.8 Å². The molecule has 0 amide bonds. The zero-order valence-electron chi connectivity index (χ0n) is 9.61. The molecule has 2 heteroatoms. The van der Waals surface area contributed by atoms with Gasteiger partial charge in [0.25, 0.3) is 0 Å². The van der Waals surface area contributed by atoms with Crippen molar-refractivity contribution in [2.75, 3.05) is 14.2 Å². The number of hydrogen-bond donors (Lipinski definition) is 1. The maximum atomic E-state index is 5.69. The molecule has 1 unspecified atom stereocenters. The van der Waals surface area contributed by atoms with E-state index in [1.54, 1.807) is 0 Å². The van der Waals surface area contributed by atoms with Crippen molar-refractivity contribution in [2.24, 2.45) is 5.41 Å². The smallest absolute Gasteiger partial charge is 0.0836 e. The first-order valence-corrected chi connectivity index (χ1v) is 5.19. The monoisotopic (exact) mass is 185 g/mol. The molecule has 1 aliphatic rings. The molecule has 0 spiro atoms. The summed E-state index contributed by atoms with van der Waals surface area (Å²) in [6.07, 6.45) is 3.71. The summed E-state index contributed by atoms with van der Waals surface area (Å²) in [5, 5.41) is 3.41. The van der Waals surface area contributed by atoms with Gasteiger partial charge in [0.15, 0.2) is 0 Å². The lowest BCUT2D eigenvalue weighted by atomic mass is 9.66. The van der Waals surface area contributed by atoms with Crippen LogP contribution in [0, 0.1) is 5.41 Å². The van der Waals surface area contributed by atoms with Crippen molar-refractivity contribution in [3.63, 3.8) is 0 Å². The highest BCUT2D eigenvalue weighted by molar-refractivity contribution is 5.03. The van der Waals surface area contributed by atoms with Crippen LogP contribution < -0.4 is 5.32 Å². The largest absolute Gasteiger partial charge is 0.377 e. The van der Waals surface area contributed by atoms with Crippen LogP contribution in [0.4, 0.5) is 0 Å². The van der Waals surface area contributed by atoms with E-state index in [9.17, 15) is 0 Å². The molecular weight excluding hydrogens is 162 g/mol. The van der Waals surface area contributed by atoms with Crippen LogP contribution in [0.3, 0.4) is 0 Å². The summed E-state index contributed by atoms with van der Waals surface area (Å²) < 4.78 is 5.69. The average molecular weight is 185 g/mol. The van der Waals surface area contributed by atoms with Crippen LogP contribution in [-0.4, -0.2) is 25.8 Å². The number of rotatable bonds is 3.